The number of rotatable bonds is 8. The number of ether oxygens (including phenoxy) is 2. The van der Waals surface area contributed by atoms with E-state index in [-0.39, 0.29) is 22.2 Å². The van der Waals surface area contributed by atoms with Crippen LogP contribution in [0.3, 0.4) is 0 Å². The Morgan fingerprint density at radius 1 is 1.14 bits per heavy atom. The van der Waals surface area contributed by atoms with Gasteiger partial charge in [-0.05, 0) is 63.9 Å². The third kappa shape index (κ3) is 4.40. The van der Waals surface area contributed by atoms with Crippen LogP contribution in [0.1, 0.15) is 37.5 Å². The molecule has 3 aromatic carbocycles. The summed E-state index contributed by atoms with van der Waals surface area (Å²) in [5.41, 5.74) is 11.2. The zero-order chi connectivity index (χ0) is 26.2. The Balaban J connectivity index is 2.04. The second kappa shape index (κ2) is 9.62. The summed E-state index contributed by atoms with van der Waals surface area (Å²) in [5.74, 6) is 0.592. The minimum absolute atomic E-state index is 0.0391. The van der Waals surface area contributed by atoms with Gasteiger partial charge in [0.25, 0.3) is 0 Å². The normalized spacial score (nSPS) is 13.1. The van der Waals surface area contributed by atoms with Crippen molar-refractivity contribution < 1.29 is 13.9 Å². The first-order valence-corrected chi connectivity index (χ1v) is 12.0. The van der Waals surface area contributed by atoms with Crippen LogP contribution >= 0.6 is 0 Å². The number of halogens is 1. The molecule has 4 rings (SSSR count). The molecule has 7 nitrogen and oxygen atoms in total. The molecular weight excluding hydrogens is 457 g/mol. The fourth-order valence-electron chi connectivity index (χ4n) is 4.30. The van der Waals surface area contributed by atoms with E-state index in [0.717, 1.165) is 27.8 Å². The molecule has 1 atom stereocenters. The summed E-state index contributed by atoms with van der Waals surface area (Å²) in [6, 6.07) is 14.5. The van der Waals surface area contributed by atoms with E-state index in [0.29, 0.717) is 29.6 Å². The highest BCUT2D eigenvalue weighted by molar-refractivity contribution is 5.95. The molecule has 1 heterocycles. The Labute approximate surface area is 210 Å². The fraction of sp³-hybridized carbons (Fsp3) is 0.286. The molecule has 1 aromatic heterocycles. The van der Waals surface area contributed by atoms with Crippen molar-refractivity contribution in [2.75, 3.05) is 13.7 Å². The summed E-state index contributed by atoms with van der Waals surface area (Å²) in [4.78, 5) is 8.39. The standard InChI is InChI=1S/C28H33FN5O2/c1-7-35-21-14-23(25(29)24(15-21)36-16(2)3)34(6,20-11-9-19(10-12-20)27(30)31)28-32-22-13-8-17(4)18(5)26(22)33-28/h8-16H,7H2,1-6H3,(H3,30,31)(H,32,33)/q+1. The maximum absolute atomic E-state index is 16.2. The van der Waals surface area contributed by atoms with Crippen molar-refractivity contribution in [3.05, 3.63) is 71.0 Å². The van der Waals surface area contributed by atoms with Gasteiger partial charge in [0.15, 0.2) is 11.4 Å². The molecule has 188 valence electrons. The Hall–Kier alpha value is -3.91. The van der Waals surface area contributed by atoms with Crippen LogP contribution in [-0.4, -0.2) is 35.6 Å². The summed E-state index contributed by atoms with van der Waals surface area (Å²) in [6.07, 6.45) is -0.227. The Morgan fingerprint density at radius 3 is 2.44 bits per heavy atom. The van der Waals surface area contributed by atoms with Crippen LogP contribution in [0, 0.1) is 25.1 Å². The molecule has 0 bridgehead atoms. The summed E-state index contributed by atoms with van der Waals surface area (Å²) in [6.45, 7) is 10.1. The molecule has 0 saturated heterocycles. The van der Waals surface area contributed by atoms with Crippen molar-refractivity contribution >= 4 is 34.2 Å². The molecule has 4 aromatic rings. The van der Waals surface area contributed by atoms with Crippen LogP contribution in [0.4, 0.5) is 21.7 Å². The van der Waals surface area contributed by atoms with Gasteiger partial charge in [-0.15, -0.1) is 0 Å². The lowest BCUT2D eigenvalue weighted by atomic mass is 10.1. The molecule has 0 spiro atoms. The maximum Gasteiger partial charge on any atom is 0.317 e. The van der Waals surface area contributed by atoms with Gasteiger partial charge in [-0.1, -0.05) is 6.07 Å². The Kier molecular flexibility index (Phi) is 6.73. The number of aryl methyl sites for hydroxylation is 2. The molecule has 0 fully saturated rings. The first-order chi connectivity index (χ1) is 17.1. The number of quaternary nitrogens is 1. The molecule has 0 saturated carbocycles. The van der Waals surface area contributed by atoms with Gasteiger partial charge in [0.1, 0.15) is 17.3 Å². The zero-order valence-corrected chi connectivity index (χ0v) is 21.6. The van der Waals surface area contributed by atoms with Gasteiger partial charge < -0.3 is 15.2 Å². The van der Waals surface area contributed by atoms with Gasteiger partial charge >= 0.3 is 5.95 Å². The number of fused-ring (bicyclic) bond motifs is 1. The van der Waals surface area contributed by atoms with Crippen LogP contribution in [0.2, 0.25) is 0 Å². The highest BCUT2D eigenvalue weighted by Gasteiger charge is 2.40. The highest BCUT2D eigenvalue weighted by atomic mass is 19.1. The van der Waals surface area contributed by atoms with Gasteiger partial charge in [-0.25, -0.2) is 0 Å². The quantitative estimate of drug-likeness (QED) is 0.151. The van der Waals surface area contributed by atoms with Gasteiger partial charge in [0, 0.05) is 29.8 Å². The van der Waals surface area contributed by atoms with Gasteiger partial charge in [-0.3, -0.25) is 10.4 Å². The number of nitrogens with one attached hydrogen (secondary N) is 2. The number of aromatic nitrogens is 2. The number of hydrogen-bond acceptors (Lipinski definition) is 4. The lowest BCUT2D eigenvalue weighted by Gasteiger charge is -2.31. The number of benzene rings is 3. The predicted molar refractivity (Wildman–Crippen MR) is 143 cm³/mol. The number of nitrogen functional groups attached to an aromatic ring is 1. The first-order valence-electron chi connectivity index (χ1n) is 12.0. The summed E-state index contributed by atoms with van der Waals surface area (Å²) >= 11 is 0. The number of imidazole rings is 1. The van der Waals surface area contributed by atoms with Crippen molar-refractivity contribution in [2.24, 2.45) is 5.73 Å². The van der Waals surface area contributed by atoms with E-state index >= 15 is 4.39 Å². The van der Waals surface area contributed by atoms with E-state index in [9.17, 15) is 0 Å². The minimum Gasteiger partial charge on any atom is -0.494 e. The number of hydrogen-bond donors (Lipinski definition) is 3. The van der Waals surface area contributed by atoms with Crippen LogP contribution in [0.25, 0.3) is 11.0 Å². The number of H-pyrrole nitrogens is 1. The number of nitrogens with zero attached hydrogens (tertiary/aromatic N) is 2. The molecule has 4 N–H and O–H groups in total. The number of aromatic amines is 1. The first kappa shape index (κ1) is 25.2. The van der Waals surface area contributed by atoms with Crippen molar-refractivity contribution in [3.63, 3.8) is 0 Å². The van der Waals surface area contributed by atoms with Gasteiger partial charge in [0.2, 0.25) is 5.82 Å². The Bertz CT molecular complexity index is 1430. The molecular formula is C28H33FN5O2+. The van der Waals surface area contributed by atoms with Crippen LogP contribution in [0.5, 0.6) is 11.5 Å². The summed E-state index contributed by atoms with van der Waals surface area (Å²) in [5, 5.41) is 7.77. The summed E-state index contributed by atoms with van der Waals surface area (Å²) in [7, 11) is 1.87. The fourth-order valence-corrected chi connectivity index (χ4v) is 4.30. The second-order valence-electron chi connectivity index (χ2n) is 9.28. The SMILES string of the molecule is CCOc1cc(OC(C)C)c(F)c([N+](C)(c2ccc(C(=N)N)cc2)c2nc3c(C)c(C)ccc3[nH]2)c1. The van der Waals surface area contributed by atoms with Crippen molar-refractivity contribution in [3.8, 4) is 11.5 Å². The third-order valence-electron chi connectivity index (χ3n) is 6.43. The highest BCUT2D eigenvalue weighted by Crippen LogP contribution is 2.46. The van der Waals surface area contributed by atoms with E-state index in [1.165, 1.54) is 0 Å². The van der Waals surface area contributed by atoms with Gasteiger partial charge in [0.05, 0.1) is 30.8 Å². The monoisotopic (exact) mass is 490 g/mol. The van der Waals surface area contributed by atoms with E-state index in [1.807, 2.05) is 65.9 Å². The number of amidine groups is 1. The van der Waals surface area contributed by atoms with Crippen molar-refractivity contribution in [1.82, 2.24) is 14.5 Å². The Morgan fingerprint density at radius 2 is 1.83 bits per heavy atom. The lowest BCUT2D eigenvalue weighted by Crippen LogP contribution is -2.36. The van der Waals surface area contributed by atoms with Crippen LogP contribution < -0.4 is 19.7 Å². The largest absolute Gasteiger partial charge is 0.494 e. The van der Waals surface area contributed by atoms with E-state index in [4.69, 9.17) is 25.6 Å². The topological polar surface area (TPSA) is 97.0 Å². The smallest absolute Gasteiger partial charge is 0.317 e. The lowest BCUT2D eigenvalue weighted by molar-refractivity contribution is 0.228. The molecule has 1 unspecified atom stereocenters. The third-order valence-corrected chi connectivity index (χ3v) is 6.43. The minimum atomic E-state index is -0.501. The molecule has 0 aliphatic carbocycles. The van der Waals surface area contributed by atoms with E-state index in [1.54, 1.807) is 24.3 Å². The van der Waals surface area contributed by atoms with E-state index in [2.05, 4.69) is 4.98 Å². The molecule has 0 amide bonds. The molecule has 8 heteroatoms. The maximum atomic E-state index is 16.2. The molecule has 36 heavy (non-hydrogen) atoms. The van der Waals surface area contributed by atoms with Crippen LogP contribution in [-0.2, 0) is 0 Å². The molecule has 0 aliphatic rings. The summed E-state index contributed by atoms with van der Waals surface area (Å²) < 4.78 is 27.7. The average Bonchev–Trinajstić information content (AvgIpc) is 3.28. The van der Waals surface area contributed by atoms with Crippen molar-refractivity contribution in [2.45, 2.75) is 40.7 Å². The predicted octanol–water partition coefficient (Wildman–Crippen LogP) is 6.39. The van der Waals surface area contributed by atoms with E-state index < -0.39 is 5.82 Å². The number of nitrogens with two attached hydrogens (primary N) is 1. The zero-order valence-electron chi connectivity index (χ0n) is 21.6. The van der Waals surface area contributed by atoms with Gasteiger partial charge in [-0.2, -0.15) is 13.9 Å². The average molecular weight is 491 g/mol. The van der Waals surface area contributed by atoms with Crippen molar-refractivity contribution in [1.29, 1.82) is 5.41 Å². The van der Waals surface area contributed by atoms with Crippen LogP contribution in [0.15, 0.2) is 48.5 Å². The molecule has 0 radical (unpaired) electrons. The molecule has 0 aliphatic heterocycles. The second-order valence-corrected chi connectivity index (χ2v) is 9.28.